The molecule has 8 nitrogen and oxygen atoms in total. The quantitative estimate of drug-likeness (QED) is 0.476. The van der Waals surface area contributed by atoms with Crippen LogP contribution < -0.4 is 9.46 Å². The number of sulfonamides is 1. The topological polar surface area (TPSA) is 110 Å². The zero-order valence-electron chi connectivity index (χ0n) is 17.8. The molecule has 32 heavy (non-hydrogen) atoms. The van der Waals surface area contributed by atoms with Gasteiger partial charge in [-0.15, -0.1) is 0 Å². The SMILES string of the molecule is CCOc1ccc(S(=O)(=O)Nc2c(C#N)cnn2-c2cc(C)c3cccc(C)c3n2)cc1. The molecule has 0 aliphatic carbocycles. The molecule has 0 aliphatic rings. The highest BCUT2D eigenvalue weighted by atomic mass is 32.2. The van der Waals surface area contributed by atoms with E-state index in [0.717, 1.165) is 22.0 Å². The molecule has 0 atom stereocenters. The normalized spacial score (nSPS) is 11.3. The molecule has 0 spiro atoms. The average molecular weight is 448 g/mol. The van der Waals surface area contributed by atoms with Crippen LogP contribution in [0.2, 0.25) is 0 Å². The van der Waals surface area contributed by atoms with Gasteiger partial charge in [-0.2, -0.15) is 15.0 Å². The highest BCUT2D eigenvalue weighted by Gasteiger charge is 2.22. The first-order valence-electron chi connectivity index (χ1n) is 9.95. The van der Waals surface area contributed by atoms with Crippen molar-refractivity contribution in [3.63, 3.8) is 0 Å². The standard InChI is InChI=1S/C23H21N5O3S/c1-4-31-18-8-10-19(11-9-18)32(29,30)27-23-17(13-24)14-25-28(23)21-12-16(3)20-7-5-6-15(2)22(20)26-21/h5-12,14,27H,4H2,1-3H3. The van der Waals surface area contributed by atoms with Crippen LogP contribution >= 0.6 is 0 Å². The van der Waals surface area contributed by atoms with Crippen molar-refractivity contribution in [3.8, 4) is 17.6 Å². The van der Waals surface area contributed by atoms with Gasteiger partial charge in [0, 0.05) is 5.39 Å². The third kappa shape index (κ3) is 3.88. The lowest BCUT2D eigenvalue weighted by Crippen LogP contribution is -2.17. The maximum atomic E-state index is 13.0. The molecule has 0 aliphatic heterocycles. The summed E-state index contributed by atoms with van der Waals surface area (Å²) >= 11 is 0. The van der Waals surface area contributed by atoms with E-state index in [4.69, 9.17) is 4.74 Å². The van der Waals surface area contributed by atoms with Gasteiger partial charge in [-0.1, -0.05) is 18.2 Å². The smallest absolute Gasteiger partial charge is 0.263 e. The third-order valence-corrected chi connectivity index (χ3v) is 6.37. The molecule has 0 saturated carbocycles. The van der Waals surface area contributed by atoms with Crippen molar-refractivity contribution in [1.82, 2.24) is 14.8 Å². The van der Waals surface area contributed by atoms with Crippen molar-refractivity contribution in [3.05, 3.63) is 71.4 Å². The molecule has 9 heteroatoms. The Morgan fingerprint density at radius 1 is 1.12 bits per heavy atom. The highest BCUT2D eigenvalue weighted by Crippen LogP contribution is 2.27. The summed E-state index contributed by atoms with van der Waals surface area (Å²) in [5, 5.41) is 14.8. The van der Waals surface area contributed by atoms with E-state index in [1.54, 1.807) is 12.1 Å². The molecule has 0 saturated heterocycles. The maximum Gasteiger partial charge on any atom is 0.263 e. The Kier molecular flexibility index (Phi) is 5.55. The Hall–Kier alpha value is -3.90. The van der Waals surface area contributed by atoms with Gasteiger partial charge in [-0.25, -0.2) is 13.4 Å². The predicted molar refractivity (Wildman–Crippen MR) is 121 cm³/mol. The summed E-state index contributed by atoms with van der Waals surface area (Å²) in [6, 6.07) is 15.8. The van der Waals surface area contributed by atoms with Crippen molar-refractivity contribution in [2.75, 3.05) is 11.3 Å². The van der Waals surface area contributed by atoms with Crippen LogP contribution in [-0.2, 0) is 10.0 Å². The lowest BCUT2D eigenvalue weighted by molar-refractivity contribution is 0.340. The average Bonchev–Trinajstić information content (AvgIpc) is 3.17. The van der Waals surface area contributed by atoms with Crippen LogP contribution in [0.15, 0.2) is 59.6 Å². The first-order chi connectivity index (χ1) is 15.3. The maximum absolute atomic E-state index is 13.0. The zero-order valence-corrected chi connectivity index (χ0v) is 18.6. The van der Waals surface area contributed by atoms with E-state index in [1.165, 1.54) is 23.0 Å². The number of aryl methyl sites for hydroxylation is 2. The van der Waals surface area contributed by atoms with Gasteiger partial charge in [0.2, 0.25) is 0 Å². The molecule has 0 bridgehead atoms. The number of benzene rings is 2. The second kappa shape index (κ2) is 8.32. The summed E-state index contributed by atoms with van der Waals surface area (Å²) < 4.78 is 35.3. The zero-order chi connectivity index (χ0) is 22.9. The number of nitriles is 1. The minimum atomic E-state index is -3.98. The molecule has 0 fully saturated rings. The molecule has 4 rings (SSSR count). The van der Waals surface area contributed by atoms with Gasteiger partial charge in [-0.3, -0.25) is 4.72 Å². The molecular formula is C23H21N5O3S. The van der Waals surface area contributed by atoms with Gasteiger partial charge in [0.05, 0.1) is 23.2 Å². The Labute approximate surface area is 186 Å². The van der Waals surface area contributed by atoms with Crippen LogP contribution in [0.25, 0.3) is 16.7 Å². The summed E-state index contributed by atoms with van der Waals surface area (Å²) in [6.07, 6.45) is 1.31. The van der Waals surface area contributed by atoms with Crippen molar-refractivity contribution in [2.24, 2.45) is 0 Å². The fraction of sp³-hybridized carbons (Fsp3) is 0.174. The minimum absolute atomic E-state index is 0.0289. The minimum Gasteiger partial charge on any atom is -0.494 e. The number of nitrogens with zero attached hydrogens (tertiary/aromatic N) is 4. The molecule has 2 aromatic heterocycles. The number of aromatic nitrogens is 3. The Morgan fingerprint density at radius 2 is 1.88 bits per heavy atom. The van der Waals surface area contributed by atoms with E-state index in [-0.39, 0.29) is 16.3 Å². The number of anilines is 1. The van der Waals surface area contributed by atoms with Crippen molar-refractivity contribution >= 4 is 26.7 Å². The van der Waals surface area contributed by atoms with Gasteiger partial charge < -0.3 is 4.74 Å². The van der Waals surface area contributed by atoms with E-state index in [9.17, 15) is 13.7 Å². The van der Waals surface area contributed by atoms with E-state index in [1.807, 2.05) is 51.1 Å². The summed E-state index contributed by atoms with van der Waals surface area (Å²) in [4.78, 5) is 4.73. The number of hydrogen-bond acceptors (Lipinski definition) is 6. The summed E-state index contributed by atoms with van der Waals surface area (Å²) in [6.45, 7) is 6.23. The number of hydrogen-bond donors (Lipinski definition) is 1. The molecular weight excluding hydrogens is 426 g/mol. The fourth-order valence-electron chi connectivity index (χ4n) is 3.42. The lowest BCUT2D eigenvalue weighted by atomic mass is 10.1. The van der Waals surface area contributed by atoms with Crippen molar-refractivity contribution in [2.45, 2.75) is 25.7 Å². The number of rotatable bonds is 6. The molecule has 0 radical (unpaired) electrons. The summed E-state index contributed by atoms with van der Waals surface area (Å²) in [5.41, 5.74) is 2.82. The van der Waals surface area contributed by atoms with Gasteiger partial charge in [0.25, 0.3) is 10.0 Å². The molecule has 2 heterocycles. The number of fused-ring (bicyclic) bond motifs is 1. The first kappa shape index (κ1) is 21.3. The molecule has 2 aromatic carbocycles. The van der Waals surface area contributed by atoms with Crippen molar-refractivity contribution < 1.29 is 13.2 Å². The van der Waals surface area contributed by atoms with Gasteiger partial charge in [-0.05, 0) is 62.2 Å². The lowest BCUT2D eigenvalue weighted by Gasteiger charge is -2.13. The second-order valence-electron chi connectivity index (χ2n) is 7.21. The number of ether oxygens (including phenoxy) is 1. The van der Waals surface area contributed by atoms with E-state index >= 15 is 0 Å². The predicted octanol–water partition coefficient (Wildman–Crippen LogP) is 4.11. The largest absolute Gasteiger partial charge is 0.494 e. The number of pyridine rings is 1. The van der Waals surface area contributed by atoms with Crippen LogP contribution in [-0.4, -0.2) is 29.8 Å². The fourth-order valence-corrected chi connectivity index (χ4v) is 4.49. The van der Waals surface area contributed by atoms with Crippen LogP contribution in [0.1, 0.15) is 23.6 Å². The van der Waals surface area contributed by atoms with Crippen LogP contribution in [0, 0.1) is 25.2 Å². The molecule has 0 unspecified atom stereocenters. The van der Waals surface area contributed by atoms with E-state index < -0.39 is 10.0 Å². The third-order valence-electron chi connectivity index (χ3n) is 5.02. The monoisotopic (exact) mass is 447 g/mol. The molecule has 0 amide bonds. The highest BCUT2D eigenvalue weighted by molar-refractivity contribution is 7.92. The van der Waals surface area contributed by atoms with Gasteiger partial charge >= 0.3 is 0 Å². The van der Waals surface area contributed by atoms with Gasteiger partial charge in [0.1, 0.15) is 17.4 Å². The van der Waals surface area contributed by atoms with E-state index in [2.05, 4.69) is 14.8 Å². The van der Waals surface area contributed by atoms with Gasteiger partial charge in [0.15, 0.2) is 11.6 Å². The number of para-hydroxylation sites is 1. The Balaban J connectivity index is 1.79. The number of nitrogens with one attached hydrogen (secondary N) is 1. The Bertz CT molecular complexity index is 1450. The van der Waals surface area contributed by atoms with Crippen molar-refractivity contribution in [1.29, 1.82) is 5.26 Å². The molecule has 162 valence electrons. The summed E-state index contributed by atoms with van der Waals surface area (Å²) in [7, 11) is -3.98. The molecule has 4 aromatic rings. The Morgan fingerprint density at radius 3 is 2.56 bits per heavy atom. The first-order valence-corrected chi connectivity index (χ1v) is 11.4. The van der Waals surface area contributed by atoms with E-state index in [0.29, 0.717) is 18.2 Å². The van der Waals surface area contributed by atoms with Crippen LogP contribution in [0.5, 0.6) is 5.75 Å². The summed E-state index contributed by atoms with van der Waals surface area (Å²) in [5.74, 6) is 1.01. The molecule has 1 N–H and O–H groups in total. The van der Waals surface area contributed by atoms with Crippen LogP contribution in [0.3, 0.4) is 0 Å². The van der Waals surface area contributed by atoms with Crippen LogP contribution in [0.4, 0.5) is 5.82 Å². The second-order valence-corrected chi connectivity index (χ2v) is 8.89.